The third kappa shape index (κ3) is 6.41. The molecule has 45 heavy (non-hydrogen) atoms. The number of likely N-dealkylation sites (tertiary alicyclic amines) is 1. The van der Waals surface area contributed by atoms with Crippen LogP contribution in [0, 0.1) is 0 Å². The Labute approximate surface area is 258 Å². The highest BCUT2D eigenvalue weighted by atomic mass is 19.4. The summed E-state index contributed by atoms with van der Waals surface area (Å²) in [5, 5.41) is 6.36. The van der Waals surface area contributed by atoms with Crippen molar-refractivity contribution in [2.24, 2.45) is 0 Å². The normalized spacial score (nSPS) is 17.3. The number of nitrogens with zero attached hydrogens (tertiary/aromatic N) is 1. The number of nitrogen functional groups attached to an aromatic ring is 1. The van der Waals surface area contributed by atoms with Crippen LogP contribution >= 0.6 is 0 Å². The van der Waals surface area contributed by atoms with E-state index in [-0.39, 0.29) is 18.7 Å². The zero-order chi connectivity index (χ0) is 31.6. The van der Waals surface area contributed by atoms with Crippen LogP contribution < -0.4 is 16.4 Å². The molecule has 1 fully saturated rings. The van der Waals surface area contributed by atoms with Crippen LogP contribution in [0.5, 0.6) is 0 Å². The molecule has 0 spiro atoms. The van der Waals surface area contributed by atoms with E-state index in [1.807, 2.05) is 54.6 Å². The number of piperidine rings is 1. The molecule has 2 heterocycles. The second-order valence-electron chi connectivity index (χ2n) is 11.2. The number of rotatable bonds is 7. The predicted octanol–water partition coefficient (Wildman–Crippen LogP) is 6.80. The molecule has 4 aromatic rings. The number of hydrogen-bond donors (Lipinski definition) is 3. The fourth-order valence-electron chi connectivity index (χ4n) is 5.91. The van der Waals surface area contributed by atoms with Crippen LogP contribution in [0.4, 0.5) is 30.2 Å². The summed E-state index contributed by atoms with van der Waals surface area (Å²) < 4.78 is 44.6. The number of carbonyl (C=O) groups is 2. The third-order valence-corrected chi connectivity index (χ3v) is 8.21. The summed E-state index contributed by atoms with van der Waals surface area (Å²) >= 11 is 0. The first-order valence-electron chi connectivity index (χ1n) is 14.6. The Morgan fingerprint density at radius 3 is 2.20 bits per heavy atom. The second-order valence-corrected chi connectivity index (χ2v) is 11.2. The van der Waals surface area contributed by atoms with E-state index < -0.39 is 17.7 Å². The molecule has 4 aromatic carbocycles. The number of hydrogen-bond acceptors (Lipinski definition) is 6. The lowest BCUT2D eigenvalue weighted by Gasteiger charge is -2.41. The van der Waals surface area contributed by atoms with Gasteiger partial charge in [-0.2, -0.15) is 13.2 Å². The number of ether oxygens (including phenoxy) is 1. The van der Waals surface area contributed by atoms with Crippen molar-refractivity contribution in [1.29, 1.82) is 0 Å². The largest absolute Gasteiger partial charge is 0.490 e. The Morgan fingerprint density at radius 2 is 1.56 bits per heavy atom. The number of anilines is 3. The lowest BCUT2D eigenvalue weighted by atomic mass is 9.84. The maximum absolute atomic E-state index is 13.1. The van der Waals surface area contributed by atoms with Crippen molar-refractivity contribution in [3.63, 3.8) is 0 Å². The zero-order valence-electron chi connectivity index (χ0n) is 24.2. The van der Waals surface area contributed by atoms with Crippen molar-refractivity contribution < 1.29 is 27.5 Å². The molecule has 6 rings (SSSR count). The molecule has 10 heteroatoms. The van der Waals surface area contributed by atoms with Gasteiger partial charge in [0.1, 0.15) is 5.60 Å². The summed E-state index contributed by atoms with van der Waals surface area (Å²) in [5.41, 5.74) is 11.0. The van der Waals surface area contributed by atoms with E-state index in [2.05, 4.69) is 15.5 Å². The molecule has 230 valence electrons. The van der Waals surface area contributed by atoms with E-state index >= 15 is 0 Å². The molecule has 0 bridgehead atoms. The number of benzene rings is 4. The SMILES string of the molecule is Nc1ccc2c(c1)/C(=C(/Nc1ccc(CN3CCC(OC(=O)C(F)(F)F)(c4ccccc4)CC3)cc1)c1ccccc1)C(=O)N2. The average Bonchev–Trinajstić information content (AvgIpc) is 3.36. The summed E-state index contributed by atoms with van der Waals surface area (Å²) in [6.45, 7) is 1.46. The summed E-state index contributed by atoms with van der Waals surface area (Å²) in [6, 6.07) is 31.3. The number of carbonyl (C=O) groups excluding carboxylic acids is 2. The smallest absolute Gasteiger partial charge is 0.447 e. The number of esters is 1. The predicted molar refractivity (Wildman–Crippen MR) is 168 cm³/mol. The monoisotopic (exact) mass is 612 g/mol. The molecule has 7 nitrogen and oxygen atoms in total. The van der Waals surface area contributed by atoms with Gasteiger partial charge in [-0.15, -0.1) is 0 Å². The Morgan fingerprint density at radius 1 is 0.911 bits per heavy atom. The van der Waals surface area contributed by atoms with Crippen LogP contribution in [0.1, 0.15) is 35.1 Å². The molecular weight excluding hydrogens is 581 g/mol. The highest BCUT2D eigenvalue weighted by molar-refractivity contribution is 6.37. The van der Waals surface area contributed by atoms with E-state index in [4.69, 9.17) is 10.5 Å². The molecule has 0 aromatic heterocycles. The van der Waals surface area contributed by atoms with Crippen molar-refractivity contribution in [2.45, 2.75) is 31.2 Å². The first-order chi connectivity index (χ1) is 21.6. The van der Waals surface area contributed by atoms with E-state index in [0.29, 0.717) is 47.8 Å². The minimum atomic E-state index is -5.07. The van der Waals surface area contributed by atoms with Crippen LogP contribution in [0.2, 0.25) is 0 Å². The van der Waals surface area contributed by atoms with Crippen molar-refractivity contribution in [3.05, 3.63) is 125 Å². The van der Waals surface area contributed by atoms with Gasteiger partial charge in [0.2, 0.25) is 0 Å². The van der Waals surface area contributed by atoms with Crippen molar-refractivity contribution in [3.8, 4) is 0 Å². The highest BCUT2D eigenvalue weighted by Crippen LogP contribution is 2.40. The number of alkyl halides is 3. The molecule has 0 saturated carbocycles. The first kappa shape index (κ1) is 30.0. The molecule has 4 N–H and O–H groups in total. The maximum Gasteiger partial charge on any atom is 0.490 e. The molecule has 0 aliphatic carbocycles. The van der Waals surface area contributed by atoms with Crippen molar-refractivity contribution in [1.82, 2.24) is 4.90 Å². The van der Waals surface area contributed by atoms with Gasteiger partial charge < -0.3 is 21.1 Å². The van der Waals surface area contributed by atoms with Crippen LogP contribution in [-0.4, -0.2) is 36.0 Å². The number of nitrogens with one attached hydrogen (secondary N) is 2. The topological polar surface area (TPSA) is 96.7 Å². The van der Waals surface area contributed by atoms with E-state index in [9.17, 15) is 22.8 Å². The quantitative estimate of drug-likeness (QED) is 0.121. The summed E-state index contributed by atoms with van der Waals surface area (Å²) in [6.07, 6.45) is -4.59. The van der Waals surface area contributed by atoms with E-state index in [1.165, 1.54) is 0 Å². The Hall–Kier alpha value is -5.09. The Bertz CT molecular complexity index is 1730. The molecule has 1 amide bonds. The number of amides is 1. The summed E-state index contributed by atoms with van der Waals surface area (Å²) in [5.74, 6) is -2.40. The van der Waals surface area contributed by atoms with Gasteiger partial charge >= 0.3 is 12.1 Å². The number of nitrogens with two attached hydrogens (primary N) is 1. The summed E-state index contributed by atoms with van der Waals surface area (Å²) in [4.78, 5) is 27.1. The molecule has 0 atom stereocenters. The maximum atomic E-state index is 13.1. The van der Waals surface area contributed by atoms with Gasteiger partial charge in [-0.25, -0.2) is 4.79 Å². The van der Waals surface area contributed by atoms with Crippen molar-refractivity contribution >= 4 is 40.2 Å². The van der Waals surface area contributed by atoms with Gasteiger partial charge in [0.15, 0.2) is 0 Å². The molecule has 0 radical (unpaired) electrons. The molecule has 2 aliphatic heterocycles. The molecule has 0 unspecified atom stereocenters. The Kier molecular flexibility index (Phi) is 8.07. The number of halogens is 3. The van der Waals surface area contributed by atoms with Crippen molar-refractivity contribution in [2.75, 3.05) is 29.5 Å². The molecule has 1 saturated heterocycles. The fraction of sp³-hybridized carbons (Fsp3) is 0.200. The van der Waals surface area contributed by atoms with Gasteiger partial charge in [0.05, 0.1) is 11.3 Å². The second kappa shape index (κ2) is 12.1. The Balaban J connectivity index is 1.18. The number of fused-ring (bicyclic) bond motifs is 1. The third-order valence-electron chi connectivity index (χ3n) is 8.21. The lowest BCUT2D eigenvalue weighted by Crippen LogP contribution is -2.46. The highest BCUT2D eigenvalue weighted by Gasteiger charge is 2.48. The summed E-state index contributed by atoms with van der Waals surface area (Å²) in [7, 11) is 0. The van der Waals surface area contributed by atoms with Crippen LogP contribution in [-0.2, 0) is 26.5 Å². The van der Waals surface area contributed by atoms with Gasteiger partial charge in [0, 0.05) is 55.1 Å². The first-order valence-corrected chi connectivity index (χ1v) is 14.6. The lowest BCUT2D eigenvalue weighted by molar-refractivity contribution is -0.219. The minimum absolute atomic E-state index is 0.226. The zero-order valence-corrected chi connectivity index (χ0v) is 24.2. The van der Waals surface area contributed by atoms with Crippen LogP contribution in [0.3, 0.4) is 0 Å². The van der Waals surface area contributed by atoms with Crippen LogP contribution in [0.25, 0.3) is 11.3 Å². The standard InChI is InChI=1S/C35H31F3N4O3/c36-35(37,38)33(44)45-34(25-9-5-2-6-10-25)17-19-42(20-18-34)22-23-11-14-27(15-12-23)40-31(24-7-3-1-4-8-24)30-28-21-26(39)13-16-29(28)41-32(30)43/h1-16,21,40H,17-20,22,39H2,(H,41,43)/b31-30-. The van der Waals surface area contributed by atoms with Gasteiger partial charge in [-0.05, 0) is 47.0 Å². The van der Waals surface area contributed by atoms with Gasteiger partial charge in [-0.1, -0.05) is 72.8 Å². The molecular formula is C35H31F3N4O3. The van der Waals surface area contributed by atoms with E-state index in [0.717, 1.165) is 22.4 Å². The average molecular weight is 613 g/mol. The van der Waals surface area contributed by atoms with Gasteiger partial charge in [0.25, 0.3) is 5.91 Å². The van der Waals surface area contributed by atoms with E-state index in [1.54, 1.807) is 48.5 Å². The van der Waals surface area contributed by atoms with Gasteiger partial charge in [-0.3, -0.25) is 9.69 Å². The van der Waals surface area contributed by atoms with Crippen LogP contribution in [0.15, 0.2) is 103 Å². The fourth-order valence-corrected chi connectivity index (χ4v) is 5.91. The molecule has 2 aliphatic rings. The minimum Gasteiger partial charge on any atom is -0.447 e.